The molecule has 1 unspecified atom stereocenters. The number of hydrogen-bond acceptors (Lipinski definition) is 4. The fourth-order valence-electron chi connectivity index (χ4n) is 2.88. The van der Waals surface area contributed by atoms with Crippen LogP contribution in [-0.4, -0.2) is 39.7 Å². The second-order valence-electron chi connectivity index (χ2n) is 6.29. The Kier molecular flexibility index (Phi) is 8.01. The maximum Gasteiger partial charge on any atom is 0.115 e. The standard InChI is InChI=1S/C23H26O4/c1-17(16-25)22(13-14-24)23(27)12-9-20(19-5-3-2-4-6-19)15-18-7-10-21(26)11-8-18/h2-8,10-11,13,15,23-27H,1,9,12,14,16H2/b20-15-,22-13-. The minimum atomic E-state index is -0.830. The van der Waals surface area contributed by atoms with E-state index >= 15 is 0 Å². The van der Waals surface area contributed by atoms with Gasteiger partial charge in [-0.3, -0.25) is 0 Å². The summed E-state index contributed by atoms with van der Waals surface area (Å²) >= 11 is 0. The number of phenols is 1. The lowest BCUT2D eigenvalue weighted by atomic mass is 9.93. The highest BCUT2D eigenvalue weighted by molar-refractivity contribution is 5.81. The molecule has 1 atom stereocenters. The van der Waals surface area contributed by atoms with Crippen molar-refractivity contribution in [2.24, 2.45) is 0 Å². The fourth-order valence-corrected chi connectivity index (χ4v) is 2.88. The lowest BCUT2D eigenvalue weighted by Crippen LogP contribution is -2.14. The van der Waals surface area contributed by atoms with E-state index in [-0.39, 0.29) is 19.0 Å². The van der Waals surface area contributed by atoms with Crippen molar-refractivity contribution in [1.29, 1.82) is 0 Å². The van der Waals surface area contributed by atoms with E-state index in [4.69, 9.17) is 5.11 Å². The molecule has 0 aliphatic carbocycles. The Morgan fingerprint density at radius 1 is 1.00 bits per heavy atom. The molecular formula is C23H26O4. The third-order valence-corrected chi connectivity index (χ3v) is 4.33. The lowest BCUT2D eigenvalue weighted by molar-refractivity contribution is 0.199. The van der Waals surface area contributed by atoms with Gasteiger partial charge in [-0.15, -0.1) is 0 Å². The zero-order valence-electron chi connectivity index (χ0n) is 15.3. The molecule has 0 amide bonds. The van der Waals surface area contributed by atoms with Gasteiger partial charge in [-0.1, -0.05) is 61.2 Å². The van der Waals surface area contributed by atoms with Gasteiger partial charge in [0.2, 0.25) is 0 Å². The number of hydrogen-bond donors (Lipinski definition) is 4. The first kappa shape index (κ1) is 20.6. The summed E-state index contributed by atoms with van der Waals surface area (Å²) in [7, 11) is 0. The highest BCUT2D eigenvalue weighted by atomic mass is 16.3. The van der Waals surface area contributed by atoms with Gasteiger partial charge in [-0.2, -0.15) is 0 Å². The quantitative estimate of drug-likeness (QED) is 0.404. The second kappa shape index (κ2) is 10.5. The average Bonchev–Trinajstić information content (AvgIpc) is 2.70. The molecule has 0 fully saturated rings. The molecule has 2 rings (SSSR count). The Labute approximate surface area is 160 Å². The SMILES string of the molecule is C=C(CO)/C(=C/CO)C(O)CC/C(=C/c1ccc(O)cc1)c1ccccc1. The lowest BCUT2D eigenvalue weighted by Gasteiger charge is -2.17. The van der Waals surface area contributed by atoms with Crippen LogP contribution in [0.4, 0.5) is 0 Å². The molecular weight excluding hydrogens is 340 g/mol. The van der Waals surface area contributed by atoms with Crippen LogP contribution < -0.4 is 0 Å². The van der Waals surface area contributed by atoms with Crippen molar-refractivity contribution in [2.45, 2.75) is 18.9 Å². The minimum Gasteiger partial charge on any atom is -0.508 e. The first-order valence-electron chi connectivity index (χ1n) is 8.88. The zero-order chi connectivity index (χ0) is 19.6. The van der Waals surface area contributed by atoms with Gasteiger partial charge in [0.15, 0.2) is 0 Å². The van der Waals surface area contributed by atoms with Crippen LogP contribution in [0.25, 0.3) is 11.6 Å². The van der Waals surface area contributed by atoms with E-state index in [9.17, 15) is 15.3 Å². The Morgan fingerprint density at radius 2 is 1.67 bits per heavy atom. The summed E-state index contributed by atoms with van der Waals surface area (Å²) < 4.78 is 0. The molecule has 0 saturated carbocycles. The maximum atomic E-state index is 10.5. The van der Waals surface area contributed by atoms with Crippen LogP contribution in [0.15, 0.2) is 78.4 Å². The highest BCUT2D eigenvalue weighted by Gasteiger charge is 2.15. The molecule has 2 aromatic carbocycles. The molecule has 4 nitrogen and oxygen atoms in total. The van der Waals surface area contributed by atoms with Crippen LogP contribution in [0.5, 0.6) is 5.75 Å². The normalized spacial score (nSPS) is 13.4. The molecule has 0 aliphatic rings. The summed E-state index contributed by atoms with van der Waals surface area (Å²) in [6, 6.07) is 16.8. The first-order valence-corrected chi connectivity index (χ1v) is 8.88. The van der Waals surface area contributed by atoms with Gasteiger partial charge < -0.3 is 20.4 Å². The average molecular weight is 366 g/mol. The van der Waals surface area contributed by atoms with Crippen LogP contribution >= 0.6 is 0 Å². The highest BCUT2D eigenvalue weighted by Crippen LogP contribution is 2.27. The molecule has 0 radical (unpaired) electrons. The topological polar surface area (TPSA) is 80.9 Å². The van der Waals surface area contributed by atoms with Gasteiger partial charge in [0.1, 0.15) is 5.75 Å². The Bertz CT molecular complexity index is 789. The number of rotatable bonds is 9. The number of aliphatic hydroxyl groups excluding tert-OH is 3. The monoisotopic (exact) mass is 366 g/mol. The summed E-state index contributed by atoms with van der Waals surface area (Å²) in [5.41, 5.74) is 3.91. The van der Waals surface area contributed by atoms with Crippen LogP contribution in [0.2, 0.25) is 0 Å². The maximum absolute atomic E-state index is 10.5. The molecule has 0 bridgehead atoms. The number of aromatic hydroxyl groups is 1. The van der Waals surface area contributed by atoms with Crippen molar-refractivity contribution in [2.75, 3.05) is 13.2 Å². The molecule has 0 aliphatic heterocycles. The summed E-state index contributed by atoms with van der Waals surface area (Å²) in [6.07, 6.45) is 3.69. The second-order valence-corrected chi connectivity index (χ2v) is 6.29. The van der Waals surface area contributed by atoms with Crippen LogP contribution in [0.1, 0.15) is 24.0 Å². The van der Waals surface area contributed by atoms with Gasteiger partial charge in [0.05, 0.1) is 19.3 Å². The smallest absolute Gasteiger partial charge is 0.115 e. The Hall–Kier alpha value is -2.66. The summed E-state index contributed by atoms with van der Waals surface area (Å²) in [5, 5.41) is 38.4. The van der Waals surface area contributed by atoms with Crippen molar-refractivity contribution in [3.05, 3.63) is 89.5 Å². The molecule has 0 spiro atoms. The predicted octanol–water partition coefficient (Wildman–Crippen LogP) is 3.54. The summed E-state index contributed by atoms with van der Waals surface area (Å²) in [6.45, 7) is 3.26. The number of aliphatic hydroxyl groups is 3. The van der Waals surface area contributed by atoms with Crippen molar-refractivity contribution in [1.82, 2.24) is 0 Å². The number of phenolic OH excluding ortho intramolecular Hbond substituents is 1. The molecule has 0 heterocycles. The molecule has 142 valence electrons. The third-order valence-electron chi connectivity index (χ3n) is 4.33. The van der Waals surface area contributed by atoms with Crippen molar-refractivity contribution >= 4 is 11.6 Å². The van der Waals surface area contributed by atoms with Gasteiger partial charge in [-0.05, 0) is 52.8 Å². The van der Waals surface area contributed by atoms with E-state index in [1.165, 1.54) is 6.08 Å². The van der Waals surface area contributed by atoms with Crippen LogP contribution in [0, 0.1) is 0 Å². The predicted molar refractivity (Wildman–Crippen MR) is 109 cm³/mol. The molecule has 0 aromatic heterocycles. The Morgan fingerprint density at radius 3 is 2.26 bits per heavy atom. The molecule has 2 aromatic rings. The van der Waals surface area contributed by atoms with E-state index in [0.29, 0.717) is 24.0 Å². The fraction of sp³-hybridized carbons (Fsp3) is 0.217. The van der Waals surface area contributed by atoms with Crippen LogP contribution in [0.3, 0.4) is 0 Å². The number of allylic oxidation sites excluding steroid dienone is 1. The Balaban J connectivity index is 2.23. The van der Waals surface area contributed by atoms with E-state index in [2.05, 4.69) is 6.58 Å². The first-order chi connectivity index (χ1) is 13.0. The van der Waals surface area contributed by atoms with E-state index in [1.807, 2.05) is 48.5 Å². The van der Waals surface area contributed by atoms with Crippen molar-refractivity contribution in [3.8, 4) is 5.75 Å². The van der Waals surface area contributed by atoms with E-state index < -0.39 is 6.10 Å². The molecule has 4 N–H and O–H groups in total. The summed E-state index contributed by atoms with van der Waals surface area (Å²) in [4.78, 5) is 0. The van der Waals surface area contributed by atoms with Gasteiger partial charge in [-0.25, -0.2) is 0 Å². The van der Waals surface area contributed by atoms with Gasteiger partial charge in [0, 0.05) is 0 Å². The van der Waals surface area contributed by atoms with E-state index in [0.717, 1.165) is 16.7 Å². The molecule has 0 saturated heterocycles. The van der Waals surface area contributed by atoms with Gasteiger partial charge in [0.25, 0.3) is 0 Å². The van der Waals surface area contributed by atoms with Crippen LogP contribution in [-0.2, 0) is 0 Å². The largest absolute Gasteiger partial charge is 0.508 e. The third kappa shape index (κ3) is 6.22. The number of benzene rings is 2. The van der Waals surface area contributed by atoms with Crippen molar-refractivity contribution in [3.63, 3.8) is 0 Å². The zero-order valence-corrected chi connectivity index (χ0v) is 15.3. The summed E-state index contributed by atoms with van der Waals surface area (Å²) in [5.74, 6) is 0.213. The molecule has 4 heteroatoms. The van der Waals surface area contributed by atoms with E-state index in [1.54, 1.807) is 12.1 Å². The molecule has 27 heavy (non-hydrogen) atoms. The minimum absolute atomic E-state index is 0.213. The van der Waals surface area contributed by atoms with Gasteiger partial charge >= 0.3 is 0 Å². The van der Waals surface area contributed by atoms with Crippen molar-refractivity contribution < 1.29 is 20.4 Å².